The highest BCUT2D eigenvalue weighted by Gasteiger charge is 2.26. The van der Waals surface area contributed by atoms with Crippen molar-refractivity contribution in [3.8, 4) is 0 Å². The fourth-order valence-corrected chi connectivity index (χ4v) is 4.31. The SMILES string of the molecule is O=C(N[C@@H](Cc1cc(=O)[nH]c(C2CCC2)n1)c1ccccc1)C1CCCCC1. The van der Waals surface area contributed by atoms with Gasteiger partial charge in [0.05, 0.1) is 11.7 Å². The van der Waals surface area contributed by atoms with Gasteiger partial charge in [-0.15, -0.1) is 0 Å². The van der Waals surface area contributed by atoms with Crippen molar-refractivity contribution in [3.63, 3.8) is 0 Å². The first-order valence-electron chi connectivity index (χ1n) is 10.6. The number of carbonyl (C=O) groups is 1. The molecule has 0 saturated heterocycles. The fourth-order valence-electron chi connectivity index (χ4n) is 4.31. The van der Waals surface area contributed by atoms with Crippen LogP contribution >= 0.6 is 0 Å². The van der Waals surface area contributed by atoms with Crippen molar-refractivity contribution >= 4 is 5.91 Å². The smallest absolute Gasteiger partial charge is 0.251 e. The van der Waals surface area contributed by atoms with Gasteiger partial charge >= 0.3 is 0 Å². The van der Waals surface area contributed by atoms with Gasteiger partial charge in [-0.1, -0.05) is 56.0 Å². The van der Waals surface area contributed by atoms with Crippen LogP contribution in [0.4, 0.5) is 0 Å². The first-order chi connectivity index (χ1) is 13.7. The predicted octanol–water partition coefficient (Wildman–Crippen LogP) is 4.02. The molecule has 1 aromatic carbocycles. The molecule has 1 heterocycles. The Balaban J connectivity index is 1.55. The molecule has 0 radical (unpaired) electrons. The average Bonchev–Trinajstić information content (AvgIpc) is 2.67. The van der Waals surface area contributed by atoms with Crippen LogP contribution in [0.1, 0.15) is 80.4 Å². The molecule has 2 N–H and O–H groups in total. The van der Waals surface area contributed by atoms with E-state index in [4.69, 9.17) is 4.98 Å². The quantitative estimate of drug-likeness (QED) is 0.796. The minimum Gasteiger partial charge on any atom is -0.349 e. The molecule has 5 nitrogen and oxygen atoms in total. The average molecular weight is 380 g/mol. The van der Waals surface area contributed by atoms with E-state index in [2.05, 4.69) is 10.3 Å². The summed E-state index contributed by atoms with van der Waals surface area (Å²) in [6.07, 6.45) is 9.36. The van der Waals surface area contributed by atoms with Crippen LogP contribution in [0, 0.1) is 5.92 Å². The summed E-state index contributed by atoms with van der Waals surface area (Å²) in [4.78, 5) is 32.7. The zero-order chi connectivity index (χ0) is 19.3. The molecular formula is C23H29N3O2. The molecule has 1 amide bonds. The number of nitrogens with one attached hydrogen (secondary N) is 2. The minimum absolute atomic E-state index is 0.0997. The number of aromatic amines is 1. The molecule has 0 unspecified atom stereocenters. The van der Waals surface area contributed by atoms with E-state index in [0.29, 0.717) is 12.3 Å². The van der Waals surface area contributed by atoms with Crippen molar-refractivity contribution in [3.05, 3.63) is 63.8 Å². The number of benzene rings is 1. The van der Waals surface area contributed by atoms with Gasteiger partial charge in [0.1, 0.15) is 5.82 Å². The molecule has 2 saturated carbocycles. The van der Waals surface area contributed by atoms with Gasteiger partial charge in [-0.3, -0.25) is 9.59 Å². The van der Waals surface area contributed by atoms with Gasteiger partial charge in [0.15, 0.2) is 0 Å². The molecule has 4 rings (SSSR count). The Morgan fingerprint density at radius 3 is 2.50 bits per heavy atom. The number of carbonyl (C=O) groups excluding carboxylic acids is 1. The molecule has 0 spiro atoms. The van der Waals surface area contributed by atoms with E-state index in [1.165, 1.54) is 12.8 Å². The van der Waals surface area contributed by atoms with Crippen LogP contribution in [0.15, 0.2) is 41.2 Å². The summed E-state index contributed by atoms with van der Waals surface area (Å²) in [7, 11) is 0. The second kappa shape index (κ2) is 8.72. The van der Waals surface area contributed by atoms with Crippen LogP contribution in [0.25, 0.3) is 0 Å². The Morgan fingerprint density at radius 1 is 1.07 bits per heavy atom. The third-order valence-electron chi connectivity index (χ3n) is 6.21. The molecule has 1 atom stereocenters. The summed E-state index contributed by atoms with van der Waals surface area (Å²) in [5, 5.41) is 3.26. The largest absolute Gasteiger partial charge is 0.349 e. The third kappa shape index (κ3) is 4.51. The molecule has 2 fully saturated rings. The molecule has 5 heteroatoms. The fraction of sp³-hybridized carbons (Fsp3) is 0.522. The number of hydrogen-bond acceptors (Lipinski definition) is 3. The summed E-state index contributed by atoms with van der Waals surface area (Å²) >= 11 is 0. The first-order valence-corrected chi connectivity index (χ1v) is 10.6. The van der Waals surface area contributed by atoms with E-state index in [-0.39, 0.29) is 23.4 Å². The molecule has 28 heavy (non-hydrogen) atoms. The summed E-state index contributed by atoms with van der Waals surface area (Å²) < 4.78 is 0. The molecule has 1 aromatic heterocycles. The summed E-state index contributed by atoms with van der Waals surface area (Å²) in [6, 6.07) is 11.4. The van der Waals surface area contributed by atoms with E-state index >= 15 is 0 Å². The van der Waals surface area contributed by atoms with Gasteiger partial charge in [0, 0.05) is 24.3 Å². The summed E-state index contributed by atoms with van der Waals surface area (Å²) in [5.74, 6) is 1.43. The number of nitrogens with zero attached hydrogens (tertiary/aromatic N) is 1. The third-order valence-corrected chi connectivity index (χ3v) is 6.21. The number of hydrogen-bond donors (Lipinski definition) is 2. The lowest BCUT2D eigenvalue weighted by atomic mass is 9.85. The van der Waals surface area contributed by atoms with Crippen molar-refractivity contribution in [1.29, 1.82) is 0 Å². The van der Waals surface area contributed by atoms with Crippen LogP contribution in [-0.2, 0) is 11.2 Å². The van der Waals surface area contributed by atoms with E-state index in [0.717, 1.165) is 55.6 Å². The normalized spacial score (nSPS) is 19.0. The van der Waals surface area contributed by atoms with E-state index in [1.807, 2.05) is 30.3 Å². The lowest BCUT2D eigenvalue weighted by Gasteiger charge is -2.26. The second-order valence-electron chi connectivity index (χ2n) is 8.26. The zero-order valence-electron chi connectivity index (χ0n) is 16.3. The Labute approximate surface area is 166 Å². The Bertz CT molecular complexity index is 852. The molecule has 2 aliphatic rings. The molecule has 0 aliphatic heterocycles. The monoisotopic (exact) mass is 379 g/mol. The predicted molar refractivity (Wildman–Crippen MR) is 109 cm³/mol. The van der Waals surface area contributed by atoms with Gasteiger partial charge in [-0.2, -0.15) is 0 Å². The number of H-pyrrole nitrogens is 1. The maximum atomic E-state index is 12.9. The molecule has 0 bridgehead atoms. The topological polar surface area (TPSA) is 74.8 Å². The number of aromatic nitrogens is 2. The second-order valence-corrected chi connectivity index (χ2v) is 8.26. The first kappa shape index (κ1) is 18.9. The van der Waals surface area contributed by atoms with Crippen LogP contribution in [0.5, 0.6) is 0 Å². The highest BCUT2D eigenvalue weighted by atomic mass is 16.2. The minimum atomic E-state index is -0.167. The lowest BCUT2D eigenvalue weighted by Crippen LogP contribution is -2.36. The van der Waals surface area contributed by atoms with E-state index in [9.17, 15) is 9.59 Å². The lowest BCUT2D eigenvalue weighted by molar-refractivity contribution is -0.126. The van der Waals surface area contributed by atoms with Crippen LogP contribution in [-0.4, -0.2) is 15.9 Å². The molecular weight excluding hydrogens is 350 g/mol. The molecule has 148 valence electrons. The van der Waals surface area contributed by atoms with Gasteiger partial charge < -0.3 is 10.3 Å². The summed E-state index contributed by atoms with van der Waals surface area (Å²) in [6.45, 7) is 0. The van der Waals surface area contributed by atoms with Crippen molar-refractivity contribution in [1.82, 2.24) is 15.3 Å². The van der Waals surface area contributed by atoms with Crippen LogP contribution < -0.4 is 10.9 Å². The maximum absolute atomic E-state index is 12.9. The summed E-state index contributed by atoms with van der Waals surface area (Å²) in [5.41, 5.74) is 1.71. The van der Waals surface area contributed by atoms with Crippen molar-refractivity contribution < 1.29 is 4.79 Å². The Hall–Kier alpha value is -2.43. The van der Waals surface area contributed by atoms with Gasteiger partial charge in [0.25, 0.3) is 5.56 Å². The van der Waals surface area contributed by atoms with Gasteiger partial charge in [0.2, 0.25) is 5.91 Å². The molecule has 2 aliphatic carbocycles. The van der Waals surface area contributed by atoms with Crippen LogP contribution in [0.3, 0.4) is 0 Å². The Kier molecular flexibility index (Phi) is 5.89. The zero-order valence-corrected chi connectivity index (χ0v) is 16.3. The van der Waals surface area contributed by atoms with Crippen molar-refractivity contribution in [2.24, 2.45) is 5.92 Å². The maximum Gasteiger partial charge on any atom is 0.251 e. The highest BCUT2D eigenvalue weighted by Crippen LogP contribution is 2.34. The van der Waals surface area contributed by atoms with Gasteiger partial charge in [-0.05, 0) is 31.2 Å². The number of amides is 1. The number of rotatable bonds is 6. The van der Waals surface area contributed by atoms with Crippen LogP contribution in [0.2, 0.25) is 0 Å². The highest BCUT2D eigenvalue weighted by molar-refractivity contribution is 5.79. The molecule has 2 aromatic rings. The van der Waals surface area contributed by atoms with Crippen molar-refractivity contribution in [2.75, 3.05) is 0 Å². The van der Waals surface area contributed by atoms with E-state index in [1.54, 1.807) is 6.07 Å². The van der Waals surface area contributed by atoms with E-state index < -0.39 is 0 Å². The Morgan fingerprint density at radius 2 is 1.82 bits per heavy atom. The van der Waals surface area contributed by atoms with Gasteiger partial charge in [-0.25, -0.2) is 4.98 Å². The van der Waals surface area contributed by atoms with Crippen molar-refractivity contribution in [2.45, 2.75) is 69.7 Å². The standard InChI is InChI=1S/C23H29N3O2/c27-21-15-19(24-22(26-21)17-12-7-13-17)14-20(16-8-3-1-4-9-16)25-23(28)18-10-5-2-6-11-18/h1,3-4,8-9,15,17-18,20H,2,5-7,10-14H2,(H,25,28)(H,24,26,27)/t20-/m0/s1.